The van der Waals surface area contributed by atoms with Crippen LogP contribution < -0.4 is 9.47 Å². The second kappa shape index (κ2) is 15.2. The number of amides is 1. The topological polar surface area (TPSA) is 83.5 Å². The van der Waals surface area contributed by atoms with E-state index in [-0.39, 0.29) is 36.0 Å². The number of nitrogens with zero attached hydrogens (tertiary/aromatic N) is 1. The monoisotopic (exact) mass is 647 g/mol. The number of ether oxygens (including phenoxy) is 4. The van der Waals surface area contributed by atoms with Crippen LogP contribution >= 0.6 is 0 Å². The Bertz CT molecular complexity index is 1380. The van der Waals surface area contributed by atoms with Gasteiger partial charge in [0.25, 0.3) is 0 Å². The number of hydrogen-bond donors (Lipinski definition) is 0. The first kappa shape index (κ1) is 35.0. The summed E-state index contributed by atoms with van der Waals surface area (Å²) < 4.78 is 28.8. The Labute approximate surface area is 275 Å². The Kier molecular flexibility index (Phi) is 11.6. The lowest BCUT2D eigenvalue weighted by atomic mass is 9.68. The summed E-state index contributed by atoms with van der Waals surface area (Å²) in [7, 11) is 1.81. The molecule has 0 radical (unpaired) electrons. The van der Waals surface area contributed by atoms with Gasteiger partial charge in [-0.3, -0.25) is 4.79 Å². The average Bonchev–Trinajstić information content (AvgIpc) is 3.03. The highest BCUT2D eigenvalue weighted by Gasteiger charge is 2.58. The van der Waals surface area contributed by atoms with Gasteiger partial charge in [0.05, 0.1) is 38.3 Å². The molecule has 4 rings (SSSR count). The minimum Gasteiger partial charge on any atom is -0.497 e. The number of likely N-dealkylation sites (tertiary alicyclic amines) is 1. The lowest BCUT2D eigenvalue weighted by molar-refractivity contribution is -0.179. The average molecular weight is 648 g/mol. The number of hydrogen-bond acceptors (Lipinski definition) is 7. The van der Waals surface area contributed by atoms with E-state index in [0.29, 0.717) is 0 Å². The second-order valence-electron chi connectivity index (χ2n) is 13.4. The summed E-state index contributed by atoms with van der Waals surface area (Å²) in [5, 5.41) is 0. The Morgan fingerprint density at radius 3 is 1.83 bits per heavy atom. The van der Waals surface area contributed by atoms with Crippen molar-refractivity contribution in [2.24, 2.45) is 17.3 Å². The van der Waals surface area contributed by atoms with E-state index < -0.39 is 33.3 Å². The van der Waals surface area contributed by atoms with E-state index in [1.807, 2.05) is 83.8 Å². The molecule has 0 aromatic heterocycles. The van der Waals surface area contributed by atoms with Crippen LogP contribution in [-0.4, -0.2) is 58.5 Å². The van der Waals surface area contributed by atoms with Gasteiger partial charge in [0.1, 0.15) is 24.2 Å². The molecule has 0 saturated carbocycles. The van der Waals surface area contributed by atoms with Crippen LogP contribution in [0.1, 0.15) is 57.4 Å². The minimum absolute atomic E-state index is 0.0806. The number of carbonyl (C=O) groups excluding carboxylic acids is 2. The zero-order chi connectivity index (χ0) is 33.6. The summed E-state index contributed by atoms with van der Waals surface area (Å²) in [5.74, 6) is 0.706. The van der Waals surface area contributed by atoms with Crippen LogP contribution in [0, 0.1) is 17.3 Å². The molecule has 0 spiro atoms. The molecule has 8 nitrogen and oxygen atoms in total. The van der Waals surface area contributed by atoms with Gasteiger partial charge in [-0.2, -0.15) is 0 Å². The van der Waals surface area contributed by atoms with Gasteiger partial charge in [-0.15, -0.1) is 0 Å². The lowest BCUT2D eigenvalue weighted by Crippen LogP contribution is -2.69. The molecule has 0 N–H and O–H groups in total. The van der Waals surface area contributed by atoms with Crippen molar-refractivity contribution in [2.45, 2.75) is 78.6 Å². The molecule has 9 heteroatoms. The summed E-state index contributed by atoms with van der Waals surface area (Å²) in [6.07, 6.45) is -1.65. The zero-order valence-corrected chi connectivity index (χ0v) is 29.7. The lowest BCUT2D eigenvalue weighted by Gasteiger charge is -2.57. The molecular formula is C37H49NO7Si. The number of benzene rings is 3. The Morgan fingerprint density at radius 2 is 1.37 bits per heavy atom. The zero-order valence-electron chi connectivity index (χ0n) is 28.6. The van der Waals surface area contributed by atoms with Crippen molar-refractivity contribution < 1.29 is 33.0 Å². The highest BCUT2D eigenvalue weighted by Crippen LogP contribution is 2.47. The van der Waals surface area contributed by atoms with Crippen molar-refractivity contribution in [3.63, 3.8) is 0 Å². The van der Waals surface area contributed by atoms with Crippen LogP contribution in [0.5, 0.6) is 11.5 Å². The molecular weight excluding hydrogens is 598 g/mol. The van der Waals surface area contributed by atoms with E-state index in [4.69, 9.17) is 23.4 Å². The van der Waals surface area contributed by atoms with Crippen molar-refractivity contribution in [3.05, 3.63) is 95.6 Å². The van der Waals surface area contributed by atoms with Gasteiger partial charge in [-0.1, -0.05) is 82.3 Å². The van der Waals surface area contributed by atoms with Gasteiger partial charge < -0.3 is 28.3 Å². The molecule has 3 aromatic carbocycles. The van der Waals surface area contributed by atoms with E-state index >= 15 is 0 Å². The Balaban J connectivity index is 1.72. The van der Waals surface area contributed by atoms with Crippen molar-refractivity contribution in [1.29, 1.82) is 0 Å². The van der Waals surface area contributed by atoms with Crippen LogP contribution in [-0.2, 0) is 25.3 Å². The maximum absolute atomic E-state index is 14.4. The molecule has 1 saturated heterocycles. The van der Waals surface area contributed by atoms with E-state index in [1.165, 1.54) is 0 Å². The number of β-lactam (4-membered cyclic amide) rings is 1. The van der Waals surface area contributed by atoms with Gasteiger partial charge in [-0.05, 0) is 66.4 Å². The first-order valence-corrected chi connectivity index (χ1v) is 18.8. The molecule has 1 fully saturated rings. The molecule has 248 valence electrons. The maximum Gasteiger partial charge on any atom is 0.508 e. The number of rotatable bonds is 13. The van der Waals surface area contributed by atoms with E-state index in [2.05, 4.69) is 40.8 Å². The Morgan fingerprint density at radius 1 is 0.848 bits per heavy atom. The predicted molar refractivity (Wildman–Crippen MR) is 181 cm³/mol. The molecule has 46 heavy (non-hydrogen) atoms. The third kappa shape index (κ3) is 8.11. The summed E-state index contributed by atoms with van der Waals surface area (Å²) in [6.45, 7) is 14.9. The van der Waals surface area contributed by atoms with Gasteiger partial charge in [0.2, 0.25) is 5.91 Å². The van der Waals surface area contributed by atoms with Crippen LogP contribution in [0.4, 0.5) is 4.79 Å². The fourth-order valence-electron chi connectivity index (χ4n) is 6.56. The largest absolute Gasteiger partial charge is 0.508 e. The summed E-state index contributed by atoms with van der Waals surface area (Å²) in [4.78, 5) is 29.2. The highest BCUT2D eigenvalue weighted by atomic mass is 28.3. The first-order chi connectivity index (χ1) is 21.8. The van der Waals surface area contributed by atoms with E-state index in [9.17, 15) is 9.59 Å². The third-order valence-corrected chi connectivity index (χ3v) is 9.48. The van der Waals surface area contributed by atoms with Crippen LogP contribution in [0.25, 0.3) is 0 Å². The van der Waals surface area contributed by atoms with Crippen LogP contribution in [0.3, 0.4) is 0 Å². The maximum atomic E-state index is 14.4. The van der Waals surface area contributed by atoms with Gasteiger partial charge >= 0.3 is 6.16 Å². The molecule has 1 heterocycles. The highest BCUT2D eigenvalue weighted by molar-refractivity contribution is 6.48. The first-order valence-electron chi connectivity index (χ1n) is 16.0. The molecule has 1 aliphatic heterocycles. The molecule has 3 aromatic rings. The quantitative estimate of drug-likeness (QED) is 0.109. The van der Waals surface area contributed by atoms with Crippen molar-refractivity contribution in [3.8, 4) is 11.5 Å². The minimum atomic E-state index is -1.46. The molecule has 0 aliphatic carbocycles. The molecule has 0 bridgehead atoms. The standard InChI is InChI=1S/C37H49NO7Si/c1-24(34(37(3,4)5)45-46(8)9)32-31(25(2)44-36(40)43-23-26-13-11-10-12-14-26)35(39)38(32)33(27-15-19-29(41-6)20-16-27)28-17-21-30(42-7)22-18-28/h10-22,24-25,31-34,46H,23H2,1-9H3/t24?,25?,31-,32+,34?/m1/s1. The van der Waals surface area contributed by atoms with Gasteiger partial charge in [-0.25, -0.2) is 4.79 Å². The number of methoxy groups -OCH3 is 2. The normalized spacial score (nSPS) is 18.5. The van der Waals surface area contributed by atoms with E-state index in [0.717, 1.165) is 28.2 Å². The second-order valence-corrected chi connectivity index (χ2v) is 15.8. The van der Waals surface area contributed by atoms with Gasteiger partial charge in [0, 0.05) is 5.92 Å². The fraction of sp³-hybridized carbons (Fsp3) is 0.459. The van der Waals surface area contributed by atoms with Crippen molar-refractivity contribution in [1.82, 2.24) is 4.90 Å². The molecule has 1 amide bonds. The molecule has 5 atom stereocenters. The molecule has 3 unspecified atom stereocenters. The predicted octanol–water partition coefficient (Wildman–Crippen LogP) is 7.41. The van der Waals surface area contributed by atoms with Crippen LogP contribution in [0.2, 0.25) is 13.1 Å². The van der Waals surface area contributed by atoms with Crippen molar-refractivity contribution >= 4 is 21.1 Å². The summed E-state index contributed by atoms with van der Waals surface area (Å²) >= 11 is 0. The SMILES string of the molecule is COc1ccc(C(c2ccc(OC)cc2)N2C(=O)[C@H](C(C)OC(=O)OCc3ccccc3)[C@@H]2C(C)C(O[SiH](C)C)C(C)(C)C)cc1. The summed E-state index contributed by atoms with van der Waals surface area (Å²) in [6, 6.07) is 24.4. The summed E-state index contributed by atoms with van der Waals surface area (Å²) in [5.41, 5.74) is 2.55. The van der Waals surface area contributed by atoms with Crippen LogP contribution in [0.15, 0.2) is 78.9 Å². The fourth-order valence-corrected chi connectivity index (χ4v) is 7.81. The third-order valence-electron chi connectivity index (χ3n) is 8.65. The molecule has 1 aliphatic rings. The van der Waals surface area contributed by atoms with E-state index in [1.54, 1.807) is 21.1 Å². The van der Waals surface area contributed by atoms with Crippen molar-refractivity contribution in [2.75, 3.05) is 14.2 Å². The van der Waals surface area contributed by atoms with Gasteiger partial charge in [0.15, 0.2) is 9.04 Å². The Hall–Kier alpha value is -3.82. The smallest absolute Gasteiger partial charge is 0.497 e. The number of carbonyl (C=O) groups is 2.